The second-order valence-corrected chi connectivity index (χ2v) is 7.35. The van der Waals surface area contributed by atoms with E-state index in [0.717, 1.165) is 5.56 Å². The lowest BCUT2D eigenvalue weighted by Crippen LogP contribution is -2.31. The molecule has 2 aromatic carbocycles. The summed E-state index contributed by atoms with van der Waals surface area (Å²) in [6, 6.07) is 15.4. The smallest absolute Gasteiger partial charge is 0.413 e. The predicted octanol–water partition coefficient (Wildman–Crippen LogP) is 2.43. The minimum absolute atomic E-state index is 0.0917. The van der Waals surface area contributed by atoms with Crippen molar-refractivity contribution in [2.75, 3.05) is 13.1 Å². The molecule has 2 rings (SSSR count). The first-order valence-corrected chi connectivity index (χ1v) is 10.8. The maximum Gasteiger partial charge on any atom is 0.413 e. The first kappa shape index (κ1) is 26.0. The van der Waals surface area contributed by atoms with E-state index in [2.05, 4.69) is 16.0 Å². The Kier molecular flexibility index (Phi) is 10.8. The van der Waals surface area contributed by atoms with Crippen LogP contribution in [0.3, 0.4) is 0 Å². The van der Waals surface area contributed by atoms with E-state index in [1.807, 2.05) is 30.3 Å². The number of unbranched alkanes of at least 4 members (excludes halogenated alkanes) is 1. The Hall–Kier alpha value is -4.21. The third-order valence-electron chi connectivity index (χ3n) is 4.65. The first-order valence-electron chi connectivity index (χ1n) is 10.8. The summed E-state index contributed by atoms with van der Waals surface area (Å²) >= 11 is 0. The lowest BCUT2D eigenvalue weighted by atomic mass is 10.1. The SMILES string of the molecule is N=C(NC(=O)OCc1ccccc1)c1ccc(C(=O)NCCCCC(=O)NCCC(=O)O)cc1. The van der Waals surface area contributed by atoms with Crippen molar-refractivity contribution in [1.82, 2.24) is 16.0 Å². The number of carboxylic acid groups (broad SMARTS) is 1. The Morgan fingerprint density at radius 2 is 1.50 bits per heavy atom. The van der Waals surface area contributed by atoms with E-state index in [4.69, 9.17) is 15.3 Å². The fourth-order valence-corrected chi connectivity index (χ4v) is 2.83. The summed E-state index contributed by atoms with van der Waals surface area (Å²) in [5.41, 5.74) is 1.65. The molecule has 10 nitrogen and oxygen atoms in total. The van der Waals surface area contributed by atoms with Gasteiger partial charge in [0.1, 0.15) is 12.4 Å². The first-order chi connectivity index (χ1) is 16.3. The zero-order chi connectivity index (χ0) is 24.8. The minimum Gasteiger partial charge on any atom is -0.481 e. The van der Waals surface area contributed by atoms with Crippen molar-refractivity contribution in [2.24, 2.45) is 0 Å². The predicted molar refractivity (Wildman–Crippen MR) is 124 cm³/mol. The number of amidine groups is 1. The number of hydrogen-bond donors (Lipinski definition) is 5. The Morgan fingerprint density at radius 1 is 0.824 bits per heavy atom. The van der Waals surface area contributed by atoms with E-state index in [1.54, 1.807) is 24.3 Å². The van der Waals surface area contributed by atoms with Gasteiger partial charge in [0.2, 0.25) is 5.91 Å². The van der Waals surface area contributed by atoms with Crippen LogP contribution in [0.4, 0.5) is 4.79 Å². The molecular formula is C24H28N4O6. The molecule has 5 N–H and O–H groups in total. The zero-order valence-electron chi connectivity index (χ0n) is 18.6. The number of carbonyl (C=O) groups excluding carboxylic acids is 3. The van der Waals surface area contributed by atoms with Crippen LogP contribution in [0.25, 0.3) is 0 Å². The monoisotopic (exact) mass is 468 g/mol. The van der Waals surface area contributed by atoms with E-state index in [9.17, 15) is 19.2 Å². The molecule has 0 saturated heterocycles. The van der Waals surface area contributed by atoms with Gasteiger partial charge in [0.05, 0.1) is 6.42 Å². The molecule has 0 radical (unpaired) electrons. The highest BCUT2D eigenvalue weighted by Crippen LogP contribution is 2.06. The van der Waals surface area contributed by atoms with Gasteiger partial charge in [-0.25, -0.2) is 4.79 Å². The van der Waals surface area contributed by atoms with Gasteiger partial charge in [-0.15, -0.1) is 0 Å². The highest BCUT2D eigenvalue weighted by molar-refractivity contribution is 6.05. The molecule has 3 amide bonds. The molecule has 0 aliphatic rings. The van der Waals surface area contributed by atoms with Gasteiger partial charge >= 0.3 is 12.1 Å². The molecule has 0 aromatic heterocycles. The standard InChI is InChI=1S/C24H28N4O6/c25-22(28-24(33)34-16-17-6-2-1-3-7-17)18-9-11-19(12-10-18)23(32)27-14-5-4-8-20(29)26-15-13-21(30)31/h1-3,6-7,9-12H,4-5,8,13-16H2,(H,26,29)(H,27,32)(H,30,31)(H2,25,28,33). The summed E-state index contributed by atoms with van der Waals surface area (Å²) in [6.07, 6.45) is 0.546. The van der Waals surface area contributed by atoms with Gasteiger partial charge in [-0.1, -0.05) is 42.5 Å². The number of hydrogen-bond acceptors (Lipinski definition) is 6. The van der Waals surface area contributed by atoms with E-state index in [1.165, 1.54) is 0 Å². The van der Waals surface area contributed by atoms with E-state index in [-0.39, 0.29) is 43.6 Å². The highest BCUT2D eigenvalue weighted by atomic mass is 16.5. The normalized spacial score (nSPS) is 10.1. The topological polar surface area (TPSA) is 158 Å². The molecule has 0 bridgehead atoms. The molecule has 0 atom stereocenters. The van der Waals surface area contributed by atoms with Crippen LogP contribution >= 0.6 is 0 Å². The van der Waals surface area contributed by atoms with Gasteiger partial charge in [-0.05, 0) is 30.5 Å². The molecule has 10 heteroatoms. The summed E-state index contributed by atoms with van der Waals surface area (Å²) in [7, 11) is 0. The average Bonchev–Trinajstić information content (AvgIpc) is 2.83. The molecule has 0 fully saturated rings. The maximum absolute atomic E-state index is 12.2. The third-order valence-corrected chi connectivity index (χ3v) is 4.65. The van der Waals surface area contributed by atoms with Crippen LogP contribution in [0.2, 0.25) is 0 Å². The third kappa shape index (κ3) is 9.94. The van der Waals surface area contributed by atoms with Crippen LogP contribution in [-0.4, -0.2) is 47.9 Å². The van der Waals surface area contributed by atoms with Crippen LogP contribution in [0.5, 0.6) is 0 Å². The van der Waals surface area contributed by atoms with E-state index < -0.39 is 12.1 Å². The summed E-state index contributed by atoms with van der Waals surface area (Å²) < 4.78 is 5.09. The van der Waals surface area contributed by atoms with Crippen molar-refractivity contribution in [2.45, 2.75) is 32.3 Å². The molecule has 2 aromatic rings. The summed E-state index contributed by atoms with van der Waals surface area (Å²) in [5, 5.41) is 24.2. The van der Waals surface area contributed by atoms with Crippen molar-refractivity contribution in [1.29, 1.82) is 5.41 Å². The lowest BCUT2D eigenvalue weighted by molar-refractivity contribution is -0.136. The number of benzene rings is 2. The number of aliphatic carboxylic acids is 1. The largest absolute Gasteiger partial charge is 0.481 e. The Balaban J connectivity index is 1.66. The quantitative estimate of drug-likeness (QED) is 0.183. The van der Waals surface area contributed by atoms with Crippen molar-refractivity contribution >= 4 is 29.7 Å². The molecule has 0 spiro atoms. The molecule has 34 heavy (non-hydrogen) atoms. The van der Waals surface area contributed by atoms with Crippen molar-refractivity contribution in [3.63, 3.8) is 0 Å². The molecule has 0 saturated carbocycles. The summed E-state index contributed by atoms with van der Waals surface area (Å²) in [6.45, 7) is 0.574. The van der Waals surface area contributed by atoms with Crippen LogP contribution in [0.1, 0.15) is 47.2 Å². The second kappa shape index (κ2) is 14.0. The van der Waals surface area contributed by atoms with Gasteiger partial charge in [0, 0.05) is 30.6 Å². The fourth-order valence-electron chi connectivity index (χ4n) is 2.83. The number of amides is 3. The van der Waals surface area contributed by atoms with Gasteiger partial charge in [-0.2, -0.15) is 0 Å². The summed E-state index contributed by atoms with van der Waals surface area (Å²) in [5.74, 6) is -1.63. The van der Waals surface area contributed by atoms with Gasteiger partial charge in [0.15, 0.2) is 0 Å². The Morgan fingerprint density at radius 3 is 2.18 bits per heavy atom. The zero-order valence-corrected chi connectivity index (χ0v) is 18.6. The Bertz CT molecular complexity index is 992. The summed E-state index contributed by atoms with van der Waals surface area (Å²) in [4.78, 5) is 46.1. The number of alkyl carbamates (subject to hydrolysis) is 1. The number of ether oxygens (including phenoxy) is 1. The average molecular weight is 469 g/mol. The van der Waals surface area contributed by atoms with Crippen molar-refractivity contribution in [3.8, 4) is 0 Å². The van der Waals surface area contributed by atoms with Gasteiger partial charge in [0.25, 0.3) is 5.91 Å². The van der Waals surface area contributed by atoms with Crippen LogP contribution in [-0.2, 0) is 20.9 Å². The van der Waals surface area contributed by atoms with E-state index >= 15 is 0 Å². The molecule has 0 heterocycles. The maximum atomic E-state index is 12.2. The molecule has 180 valence electrons. The van der Waals surface area contributed by atoms with Gasteiger partial charge in [-0.3, -0.25) is 25.1 Å². The van der Waals surface area contributed by atoms with Crippen LogP contribution in [0.15, 0.2) is 54.6 Å². The number of rotatable bonds is 12. The second-order valence-electron chi connectivity index (χ2n) is 7.35. The highest BCUT2D eigenvalue weighted by Gasteiger charge is 2.10. The van der Waals surface area contributed by atoms with Crippen LogP contribution in [0, 0.1) is 5.41 Å². The minimum atomic E-state index is -0.967. The number of carboxylic acids is 1. The van der Waals surface area contributed by atoms with Crippen LogP contribution < -0.4 is 16.0 Å². The van der Waals surface area contributed by atoms with Gasteiger partial charge < -0.3 is 20.5 Å². The van der Waals surface area contributed by atoms with Crippen molar-refractivity contribution < 1.29 is 29.0 Å². The fraction of sp³-hybridized carbons (Fsp3) is 0.292. The van der Waals surface area contributed by atoms with Crippen molar-refractivity contribution in [3.05, 3.63) is 71.3 Å². The lowest BCUT2D eigenvalue weighted by Gasteiger charge is -2.09. The molecular weight excluding hydrogens is 440 g/mol. The molecule has 0 unspecified atom stereocenters. The van der Waals surface area contributed by atoms with E-state index in [0.29, 0.717) is 30.5 Å². The Labute approximate surface area is 197 Å². The molecule has 0 aliphatic heterocycles. The number of carbonyl (C=O) groups is 4. The molecule has 0 aliphatic carbocycles. The number of nitrogens with one attached hydrogen (secondary N) is 4.